The van der Waals surface area contributed by atoms with Crippen LogP contribution in [0.5, 0.6) is 5.75 Å². The Morgan fingerprint density at radius 2 is 2.12 bits per heavy atom. The van der Waals surface area contributed by atoms with Gasteiger partial charge in [-0.25, -0.2) is 13.1 Å². The molecule has 17 heavy (non-hydrogen) atoms. The molecule has 4 nitrogen and oxygen atoms in total. The molecule has 0 saturated heterocycles. The van der Waals surface area contributed by atoms with Crippen molar-refractivity contribution < 1.29 is 13.2 Å². The van der Waals surface area contributed by atoms with Gasteiger partial charge in [-0.1, -0.05) is 12.1 Å². The van der Waals surface area contributed by atoms with Crippen LogP contribution in [0.2, 0.25) is 0 Å². The number of hydrogen-bond acceptors (Lipinski definition) is 3. The normalized spacial score (nSPS) is 10.8. The zero-order chi connectivity index (χ0) is 12.7. The quantitative estimate of drug-likeness (QED) is 0.615. The van der Waals surface area contributed by atoms with E-state index >= 15 is 0 Å². The number of sulfonamides is 1. The van der Waals surface area contributed by atoms with Crippen molar-refractivity contribution in [1.29, 1.82) is 0 Å². The molecule has 0 fully saturated rings. The standard InChI is InChI=1S/C12H15NO3S/c1-3-5-10-13-17(14,15)12-9-7-6-8-11(12)16-4-2/h1,6-9,13H,4-5,10H2,2H3. The predicted molar refractivity (Wildman–Crippen MR) is 66.2 cm³/mol. The Morgan fingerprint density at radius 1 is 1.41 bits per heavy atom. The van der Waals surface area contributed by atoms with Gasteiger partial charge in [0.2, 0.25) is 10.0 Å². The molecule has 0 aliphatic heterocycles. The second-order valence-corrected chi connectivity index (χ2v) is 4.97. The van der Waals surface area contributed by atoms with Gasteiger partial charge < -0.3 is 4.74 Å². The molecule has 1 rings (SSSR count). The molecule has 0 aromatic heterocycles. The van der Waals surface area contributed by atoms with Gasteiger partial charge in [0, 0.05) is 13.0 Å². The smallest absolute Gasteiger partial charge is 0.244 e. The van der Waals surface area contributed by atoms with E-state index in [2.05, 4.69) is 10.6 Å². The van der Waals surface area contributed by atoms with Crippen molar-refractivity contribution in [1.82, 2.24) is 4.72 Å². The Bertz CT molecular complexity index is 503. The van der Waals surface area contributed by atoms with Crippen molar-refractivity contribution in [3.8, 4) is 18.1 Å². The number of nitrogens with one attached hydrogen (secondary N) is 1. The van der Waals surface area contributed by atoms with Crippen LogP contribution < -0.4 is 9.46 Å². The summed E-state index contributed by atoms with van der Waals surface area (Å²) < 4.78 is 31.6. The van der Waals surface area contributed by atoms with Crippen LogP contribution in [0, 0.1) is 12.3 Å². The Kier molecular flexibility index (Phi) is 5.01. The fourth-order valence-electron chi connectivity index (χ4n) is 1.28. The molecule has 0 heterocycles. The van der Waals surface area contributed by atoms with Crippen molar-refractivity contribution in [2.45, 2.75) is 18.2 Å². The highest BCUT2D eigenvalue weighted by Gasteiger charge is 2.18. The number of hydrogen-bond donors (Lipinski definition) is 1. The summed E-state index contributed by atoms with van der Waals surface area (Å²) in [6.45, 7) is 2.44. The number of ether oxygens (including phenoxy) is 1. The molecular weight excluding hydrogens is 238 g/mol. The maximum Gasteiger partial charge on any atom is 0.244 e. The van der Waals surface area contributed by atoms with E-state index < -0.39 is 10.0 Å². The van der Waals surface area contributed by atoms with Crippen LogP contribution in [0.25, 0.3) is 0 Å². The molecule has 5 heteroatoms. The zero-order valence-electron chi connectivity index (χ0n) is 9.64. The summed E-state index contributed by atoms with van der Waals surface area (Å²) in [6.07, 6.45) is 5.42. The Balaban J connectivity index is 2.94. The lowest BCUT2D eigenvalue weighted by atomic mass is 10.3. The van der Waals surface area contributed by atoms with Crippen LogP contribution in [-0.4, -0.2) is 21.6 Å². The second kappa shape index (κ2) is 6.28. The highest BCUT2D eigenvalue weighted by atomic mass is 32.2. The molecule has 0 amide bonds. The van der Waals surface area contributed by atoms with Gasteiger partial charge in [0.05, 0.1) is 6.61 Å². The lowest BCUT2D eigenvalue weighted by molar-refractivity contribution is 0.331. The van der Waals surface area contributed by atoms with Gasteiger partial charge in [0.15, 0.2) is 0 Å². The van der Waals surface area contributed by atoms with Gasteiger partial charge >= 0.3 is 0 Å². The topological polar surface area (TPSA) is 55.4 Å². The third kappa shape index (κ3) is 3.77. The van der Waals surface area contributed by atoms with Gasteiger partial charge in [-0.05, 0) is 19.1 Å². The van der Waals surface area contributed by atoms with Crippen LogP contribution in [0.3, 0.4) is 0 Å². The number of rotatable bonds is 6. The first-order valence-corrected chi connectivity index (χ1v) is 6.75. The Hall–Kier alpha value is -1.51. The molecule has 0 radical (unpaired) electrons. The number of benzene rings is 1. The van der Waals surface area contributed by atoms with E-state index in [-0.39, 0.29) is 11.4 Å². The lowest BCUT2D eigenvalue weighted by Gasteiger charge is -2.10. The molecule has 0 spiro atoms. The molecule has 0 bridgehead atoms. The molecule has 1 aromatic carbocycles. The molecule has 0 aliphatic carbocycles. The van der Waals surface area contributed by atoms with Crippen LogP contribution in [0.1, 0.15) is 13.3 Å². The van der Waals surface area contributed by atoms with E-state index in [9.17, 15) is 8.42 Å². The first kappa shape index (κ1) is 13.6. The molecule has 0 aliphatic rings. The van der Waals surface area contributed by atoms with Gasteiger partial charge in [-0.2, -0.15) is 0 Å². The third-order valence-electron chi connectivity index (χ3n) is 2.00. The van der Waals surface area contributed by atoms with Crippen LogP contribution in [0.15, 0.2) is 29.2 Å². The number of terminal acetylenes is 1. The van der Waals surface area contributed by atoms with Crippen molar-refractivity contribution in [2.75, 3.05) is 13.2 Å². The lowest BCUT2D eigenvalue weighted by Crippen LogP contribution is -2.25. The van der Waals surface area contributed by atoms with E-state index in [4.69, 9.17) is 11.2 Å². The van der Waals surface area contributed by atoms with Crippen LogP contribution in [0.4, 0.5) is 0 Å². The first-order valence-electron chi connectivity index (χ1n) is 5.26. The maximum atomic E-state index is 11.9. The van der Waals surface area contributed by atoms with E-state index in [0.717, 1.165) is 0 Å². The third-order valence-corrected chi connectivity index (χ3v) is 3.50. The molecule has 92 valence electrons. The fraction of sp³-hybridized carbons (Fsp3) is 0.333. The van der Waals surface area contributed by atoms with E-state index in [1.807, 2.05) is 0 Å². The van der Waals surface area contributed by atoms with Gasteiger partial charge in [0.1, 0.15) is 10.6 Å². The Labute approximate surface area is 102 Å². The van der Waals surface area contributed by atoms with Crippen LogP contribution in [-0.2, 0) is 10.0 Å². The summed E-state index contributed by atoms with van der Waals surface area (Å²) in [4.78, 5) is 0.138. The summed E-state index contributed by atoms with van der Waals surface area (Å²) in [7, 11) is -3.56. The molecule has 0 saturated carbocycles. The van der Waals surface area contributed by atoms with Crippen molar-refractivity contribution in [3.63, 3.8) is 0 Å². The minimum atomic E-state index is -3.56. The molecule has 0 unspecified atom stereocenters. The van der Waals surface area contributed by atoms with Crippen molar-refractivity contribution in [2.24, 2.45) is 0 Å². The van der Waals surface area contributed by atoms with Crippen LogP contribution >= 0.6 is 0 Å². The van der Waals surface area contributed by atoms with E-state index in [1.54, 1.807) is 25.1 Å². The summed E-state index contributed by atoms with van der Waals surface area (Å²) in [6, 6.07) is 6.51. The largest absolute Gasteiger partial charge is 0.492 e. The first-order chi connectivity index (χ1) is 8.11. The summed E-state index contributed by atoms with van der Waals surface area (Å²) in [5.74, 6) is 2.72. The van der Waals surface area contributed by atoms with E-state index in [1.165, 1.54) is 6.07 Å². The molecule has 0 atom stereocenters. The highest BCUT2D eigenvalue weighted by molar-refractivity contribution is 7.89. The highest BCUT2D eigenvalue weighted by Crippen LogP contribution is 2.22. The van der Waals surface area contributed by atoms with Gasteiger partial charge in [0.25, 0.3) is 0 Å². The van der Waals surface area contributed by atoms with Gasteiger partial charge in [-0.3, -0.25) is 0 Å². The van der Waals surface area contributed by atoms with Crippen molar-refractivity contribution in [3.05, 3.63) is 24.3 Å². The second-order valence-electron chi connectivity index (χ2n) is 3.23. The van der Waals surface area contributed by atoms with Crippen molar-refractivity contribution >= 4 is 10.0 Å². The van der Waals surface area contributed by atoms with Gasteiger partial charge in [-0.15, -0.1) is 12.3 Å². The molecular formula is C12H15NO3S. The monoisotopic (exact) mass is 253 g/mol. The minimum Gasteiger partial charge on any atom is -0.492 e. The Morgan fingerprint density at radius 3 is 2.76 bits per heavy atom. The zero-order valence-corrected chi connectivity index (χ0v) is 10.5. The number of para-hydroxylation sites is 1. The SMILES string of the molecule is C#CCCNS(=O)(=O)c1ccccc1OCC. The summed E-state index contributed by atoms with van der Waals surface area (Å²) in [5.41, 5.74) is 0. The minimum absolute atomic E-state index is 0.138. The molecule has 1 aromatic rings. The maximum absolute atomic E-state index is 11.9. The molecule has 1 N–H and O–H groups in total. The average Bonchev–Trinajstić information content (AvgIpc) is 2.30. The summed E-state index contributed by atoms with van der Waals surface area (Å²) >= 11 is 0. The van der Waals surface area contributed by atoms with E-state index in [0.29, 0.717) is 18.8 Å². The fourth-order valence-corrected chi connectivity index (χ4v) is 2.46. The average molecular weight is 253 g/mol. The summed E-state index contributed by atoms with van der Waals surface area (Å²) in [5, 5.41) is 0. The predicted octanol–water partition coefficient (Wildman–Crippen LogP) is 1.39.